The molecule has 1 nitrogen and oxygen atoms in total. The summed E-state index contributed by atoms with van der Waals surface area (Å²) < 4.78 is 3.29. The van der Waals surface area contributed by atoms with E-state index in [-0.39, 0.29) is 0 Å². The number of thiophene rings is 1. The highest BCUT2D eigenvalue weighted by molar-refractivity contribution is 7.33. The van der Waals surface area contributed by atoms with Crippen molar-refractivity contribution in [2.75, 3.05) is 0 Å². The van der Waals surface area contributed by atoms with Gasteiger partial charge in [-0.1, -0.05) is 124 Å². The largest absolute Gasteiger partial charge is 0.255 e. The molecule has 0 saturated heterocycles. The number of rotatable bonds is 12. The Morgan fingerprint density at radius 2 is 1.43 bits per heavy atom. The van der Waals surface area contributed by atoms with Crippen LogP contribution >= 0.6 is 11.3 Å². The van der Waals surface area contributed by atoms with E-state index in [1.165, 1.54) is 108 Å². The van der Waals surface area contributed by atoms with Crippen LogP contribution in [0.5, 0.6) is 0 Å². The van der Waals surface area contributed by atoms with Crippen molar-refractivity contribution in [2.24, 2.45) is 0 Å². The summed E-state index contributed by atoms with van der Waals surface area (Å²) in [6, 6.07) is 16.3. The molecule has 1 aliphatic carbocycles. The second-order valence-corrected chi connectivity index (χ2v) is 19.4. The minimum Gasteiger partial charge on any atom is -0.255 e. The Labute approximate surface area is 261 Å². The summed E-state index contributed by atoms with van der Waals surface area (Å²) in [4.78, 5) is 5.18. The molecule has 0 radical (unpaired) electrons. The van der Waals surface area contributed by atoms with E-state index in [0.717, 1.165) is 16.6 Å². The van der Waals surface area contributed by atoms with Crippen LogP contribution in [0.4, 0.5) is 0 Å². The number of aryl methyl sites for hydroxylation is 1. The average Bonchev–Trinajstić information content (AvgIpc) is 3.38. The molecule has 2 aromatic heterocycles. The number of fused-ring (bicyclic) bond motifs is 2. The van der Waals surface area contributed by atoms with Gasteiger partial charge >= 0.3 is 0 Å². The van der Waals surface area contributed by atoms with Crippen LogP contribution in [0, 0.1) is 6.92 Å². The second kappa shape index (κ2) is 13.8. The SMILES string of the molecule is CCC(CC)c1cc(-c2nccc3c(C)c([Si](C(CC)CC)(C(CC)CC)C4CCCCC4)sc23)cc2ccccc12. The molecule has 2 aromatic carbocycles. The summed E-state index contributed by atoms with van der Waals surface area (Å²) in [6.07, 6.45) is 17.0. The van der Waals surface area contributed by atoms with Crippen LogP contribution in [0.15, 0.2) is 48.7 Å². The Morgan fingerprint density at radius 1 is 0.786 bits per heavy atom. The Balaban J connectivity index is 1.80. The zero-order chi connectivity index (χ0) is 29.9. The van der Waals surface area contributed by atoms with Crippen molar-refractivity contribution >= 4 is 44.8 Å². The van der Waals surface area contributed by atoms with Crippen molar-refractivity contribution in [3.05, 3.63) is 59.8 Å². The molecule has 0 spiro atoms. The van der Waals surface area contributed by atoms with Gasteiger partial charge in [-0.3, -0.25) is 4.98 Å². The van der Waals surface area contributed by atoms with Crippen molar-refractivity contribution < 1.29 is 0 Å². The van der Waals surface area contributed by atoms with E-state index in [4.69, 9.17) is 4.98 Å². The highest BCUT2D eigenvalue weighted by atomic mass is 32.1. The molecule has 0 bridgehead atoms. The molecule has 42 heavy (non-hydrogen) atoms. The quantitative estimate of drug-likeness (QED) is 0.148. The molecule has 0 aliphatic heterocycles. The van der Waals surface area contributed by atoms with Crippen molar-refractivity contribution in [1.29, 1.82) is 0 Å². The fraction of sp³-hybridized carbons (Fsp3) is 0.564. The predicted octanol–water partition coefficient (Wildman–Crippen LogP) is 12.7. The van der Waals surface area contributed by atoms with E-state index in [1.54, 1.807) is 5.56 Å². The molecule has 0 atom stereocenters. The molecule has 0 N–H and O–H groups in total. The number of pyridine rings is 1. The number of nitrogens with zero attached hydrogens (tertiary/aromatic N) is 1. The van der Waals surface area contributed by atoms with Crippen LogP contribution in [0.2, 0.25) is 16.6 Å². The summed E-state index contributed by atoms with van der Waals surface area (Å²) >= 11 is 2.19. The normalized spacial score (nSPS) is 15.2. The van der Waals surface area contributed by atoms with E-state index in [9.17, 15) is 0 Å². The first kappa shape index (κ1) is 31.5. The second-order valence-electron chi connectivity index (χ2n) is 13.2. The Kier molecular flexibility index (Phi) is 10.3. The number of benzene rings is 2. The highest BCUT2D eigenvalue weighted by Gasteiger charge is 2.53. The van der Waals surface area contributed by atoms with Gasteiger partial charge in [0.1, 0.15) is 8.07 Å². The molecule has 226 valence electrons. The Morgan fingerprint density at radius 3 is 2.05 bits per heavy atom. The lowest BCUT2D eigenvalue weighted by molar-refractivity contribution is 0.474. The maximum Gasteiger partial charge on any atom is 0.109 e. The van der Waals surface area contributed by atoms with E-state index in [2.05, 4.69) is 108 Å². The first-order chi connectivity index (χ1) is 20.5. The van der Waals surface area contributed by atoms with Gasteiger partial charge in [0.2, 0.25) is 0 Å². The van der Waals surface area contributed by atoms with Gasteiger partial charge in [0.15, 0.2) is 0 Å². The maximum atomic E-state index is 5.18. The van der Waals surface area contributed by atoms with Crippen molar-refractivity contribution in [2.45, 2.75) is 142 Å². The molecule has 0 amide bonds. The smallest absolute Gasteiger partial charge is 0.109 e. The summed E-state index contributed by atoms with van der Waals surface area (Å²) in [5.74, 6) is 0.575. The zero-order valence-electron chi connectivity index (χ0n) is 27.6. The van der Waals surface area contributed by atoms with E-state index < -0.39 is 8.07 Å². The number of hydrogen-bond donors (Lipinski definition) is 0. The maximum absolute atomic E-state index is 5.18. The van der Waals surface area contributed by atoms with Gasteiger partial charge in [0.05, 0.1) is 10.4 Å². The molecular formula is C39H55NSSi. The third-order valence-corrected chi connectivity index (χ3v) is 21.4. The first-order valence-corrected chi connectivity index (χ1v) is 20.5. The molecule has 3 heteroatoms. The number of hydrogen-bond acceptors (Lipinski definition) is 2. The minimum absolute atomic E-state index is 0.575. The lowest BCUT2D eigenvalue weighted by Crippen LogP contribution is -2.59. The van der Waals surface area contributed by atoms with Crippen LogP contribution in [0.3, 0.4) is 0 Å². The van der Waals surface area contributed by atoms with Gasteiger partial charge < -0.3 is 0 Å². The monoisotopic (exact) mass is 597 g/mol. The standard InChI is InChI=1S/C39H55NSSi/c1-8-28(9-2)36-26-30(25-29-19-17-18-22-35(29)36)37-38-34(23-24-40-37)27(7)39(41-38)42(31(10-3)11-4,32(12-5)13-6)33-20-15-14-16-21-33/h17-19,22-26,28,31-33H,8-16,20-21H2,1-7H3. The molecule has 5 rings (SSSR count). The van der Waals surface area contributed by atoms with Crippen molar-refractivity contribution in [3.63, 3.8) is 0 Å². The van der Waals surface area contributed by atoms with Gasteiger partial charge in [-0.15, -0.1) is 11.3 Å². The summed E-state index contributed by atoms with van der Waals surface area (Å²) in [7, 11) is -1.87. The topological polar surface area (TPSA) is 12.9 Å². The van der Waals surface area contributed by atoms with Crippen molar-refractivity contribution in [1.82, 2.24) is 4.98 Å². The fourth-order valence-corrected chi connectivity index (χ4v) is 20.9. The van der Waals surface area contributed by atoms with Crippen LogP contribution in [-0.4, -0.2) is 13.1 Å². The lowest BCUT2D eigenvalue weighted by atomic mass is 9.87. The molecule has 4 aromatic rings. The van der Waals surface area contributed by atoms with E-state index in [1.807, 2.05) is 4.50 Å². The molecule has 1 saturated carbocycles. The summed E-state index contributed by atoms with van der Waals surface area (Å²) in [5, 5.41) is 4.24. The fourth-order valence-electron chi connectivity index (χ4n) is 9.37. The Bertz CT molecular complexity index is 1450. The molecule has 0 unspecified atom stereocenters. The van der Waals surface area contributed by atoms with Gasteiger partial charge in [-0.05, 0) is 92.3 Å². The summed E-state index contributed by atoms with van der Waals surface area (Å²) in [6.45, 7) is 17.2. The molecule has 1 fully saturated rings. The molecule has 1 aliphatic rings. The van der Waals surface area contributed by atoms with Crippen LogP contribution in [-0.2, 0) is 0 Å². The van der Waals surface area contributed by atoms with Gasteiger partial charge in [-0.25, -0.2) is 0 Å². The lowest BCUT2D eigenvalue weighted by Gasteiger charge is -2.51. The van der Waals surface area contributed by atoms with Crippen LogP contribution in [0.1, 0.15) is 129 Å². The average molecular weight is 598 g/mol. The van der Waals surface area contributed by atoms with Crippen LogP contribution in [0.25, 0.3) is 32.1 Å². The zero-order valence-corrected chi connectivity index (χ0v) is 29.4. The third-order valence-electron chi connectivity index (χ3n) is 11.4. The summed E-state index contributed by atoms with van der Waals surface area (Å²) in [5.41, 5.74) is 8.27. The van der Waals surface area contributed by atoms with E-state index >= 15 is 0 Å². The Hall–Kier alpha value is -1.97. The minimum atomic E-state index is -1.87. The van der Waals surface area contributed by atoms with Gasteiger partial charge in [-0.2, -0.15) is 0 Å². The highest BCUT2D eigenvalue weighted by Crippen LogP contribution is 2.55. The predicted molar refractivity (Wildman–Crippen MR) is 192 cm³/mol. The van der Waals surface area contributed by atoms with Crippen molar-refractivity contribution in [3.8, 4) is 11.3 Å². The van der Waals surface area contributed by atoms with Gasteiger partial charge in [0, 0.05) is 11.8 Å². The third kappa shape index (κ3) is 5.32. The van der Waals surface area contributed by atoms with Crippen LogP contribution < -0.4 is 4.50 Å². The molecular weight excluding hydrogens is 543 g/mol. The van der Waals surface area contributed by atoms with E-state index in [0.29, 0.717) is 5.92 Å². The first-order valence-electron chi connectivity index (χ1n) is 17.4. The van der Waals surface area contributed by atoms with Gasteiger partial charge in [0.25, 0.3) is 0 Å². The molecule has 2 heterocycles. The number of aromatic nitrogens is 1.